The fourth-order valence-electron chi connectivity index (χ4n) is 1.23. The zero-order chi connectivity index (χ0) is 14.4. The van der Waals surface area contributed by atoms with E-state index in [1.165, 1.54) is 19.1 Å². The SMILES string of the molecule is CC(C(=O)Nc1ccccc1SC(F)F)C(N)=NO. The van der Waals surface area contributed by atoms with E-state index in [0.29, 0.717) is 11.8 Å². The first-order valence-corrected chi connectivity index (χ1v) is 6.15. The number of hydrogen-bond acceptors (Lipinski definition) is 4. The number of amides is 1. The molecule has 4 N–H and O–H groups in total. The third-order valence-electron chi connectivity index (χ3n) is 2.31. The van der Waals surface area contributed by atoms with Gasteiger partial charge in [0.15, 0.2) is 5.84 Å². The van der Waals surface area contributed by atoms with Crippen molar-refractivity contribution in [1.29, 1.82) is 0 Å². The average Bonchev–Trinajstić information content (AvgIpc) is 2.38. The molecule has 0 spiro atoms. The summed E-state index contributed by atoms with van der Waals surface area (Å²) in [5.74, 6) is -4.25. The first-order valence-electron chi connectivity index (χ1n) is 5.27. The van der Waals surface area contributed by atoms with Crippen LogP contribution >= 0.6 is 11.8 Å². The molecule has 104 valence electrons. The van der Waals surface area contributed by atoms with Crippen molar-refractivity contribution in [2.24, 2.45) is 16.8 Å². The third-order valence-corrected chi connectivity index (χ3v) is 3.10. The summed E-state index contributed by atoms with van der Waals surface area (Å²) < 4.78 is 24.7. The Kier molecular flexibility index (Phi) is 5.56. The second-order valence-corrected chi connectivity index (χ2v) is 4.64. The summed E-state index contributed by atoms with van der Waals surface area (Å²) in [4.78, 5) is 12.0. The molecule has 0 saturated heterocycles. The number of halogens is 2. The Bertz CT molecular complexity index is 483. The predicted molar refractivity (Wildman–Crippen MR) is 69.5 cm³/mol. The molecule has 1 aromatic carbocycles. The van der Waals surface area contributed by atoms with E-state index in [1.807, 2.05) is 0 Å². The van der Waals surface area contributed by atoms with Crippen LogP contribution in [-0.4, -0.2) is 22.7 Å². The first-order chi connectivity index (χ1) is 8.95. The van der Waals surface area contributed by atoms with Crippen molar-refractivity contribution in [2.45, 2.75) is 17.6 Å². The monoisotopic (exact) mass is 289 g/mol. The normalized spacial score (nSPS) is 13.4. The molecule has 0 aliphatic rings. The number of carbonyl (C=O) groups excluding carboxylic acids is 1. The van der Waals surface area contributed by atoms with E-state index in [2.05, 4.69) is 10.5 Å². The summed E-state index contributed by atoms with van der Waals surface area (Å²) in [6.45, 7) is 1.44. The van der Waals surface area contributed by atoms with Gasteiger partial charge in [-0.3, -0.25) is 4.79 Å². The number of amidine groups is 1. The molecule has 5 nitrogen and oxygen atoms in total. The molecule has 0 saturated carbocycles. The quantitative estimate of drug-likeness (QED) is 0.255. The van der Waals surface area contributed by atoms with Gasteiger partial charge in [-0.1, -0.05) is 29.1 Å². The van der Waals surface area contributed by atoms with Gasteiger partial charge in [0.25, 0.3) is 5.76 Å². The molecule has 1 atom stereocenters. The number of carbonyl (C=O) groups is 1. The van der Waals surface area contributed by atoms with Crippen molar-refractivity contribution < 1.29 is 18.8 Å². The molecule has 0 aromatic heterocycles. The maximum atomic E-state index is 12.4. The predicted octanol–water partition coefficient (Wildman–Crippen LogP) is 2.32. The summed E-state index contributed by atoms with van der Waals surface area (Å²) in [7, 11) is 0. The molecular weight excluding hydrogens is 276 g/mol. The molecule has 1 rings (SSSR count). The molecule has 0 radical (unpaired) electrons. The molecule has 0 heterocycles. The Morgan fingerprint density at radius 3 is 2.68 bits per heavy atom. The number of thioether (sulfide) groups is 1. The second kappa shape index (κ2) is 6.93. The number of nitrogens with one attached hydrogen (secondary N) is 1. The second-order valence-electron chi connectivity index (χ2n) is 3.61. The number of para-hydroxylation sites is 1. The highest BCUT2D eigenvalue weighted by molar-refractivity contribution is 7.99. The number of benzene rings is 1. The minimum absolute atomic E-state index is 0.248. The van der Waals surface area contributed by atoms with Gasteiger partial charge in [-0.15, -0.1) is 0 Å². The van der Waals surface area contributed by atoms with Gasteiger partial charge in [0.2, 0.25) is 5.91 Å². The molecule has 1 unspecified atom stereocenters. The van der Waals surface area contributed by atoms with Crippen LogP contribution < -0.4 is 11.1 Å². The summed E-state index contributed by atoms with van der Waals surface area (Å²) >= 11 is 0.334. The lowest BCUT2D eigenvalue weighted by Crippen LogP contribution is -2.32. The van der Waals surface area contributed by atoms with E-state index in [9.17, 15) is 13.6 Å². The van der Waals surface area contributed by atoms with Crippen LogP contribution in [0.3, 0.4) is 0 Å². The van der Waals surface area contributed by atoms with E-state index < -0.39 is 17.6 Å². The van der Waals surface area contributed by atoms with Gasteiger partial charge in [-0.25, -0.2) is 0 Å². The Balaban J connectivity index is 2.85. The Hall–Kier alpha value is -1.83. The molecule has 0 aliphatic carbocycles. The van der Waals surface area contributed by atoms with Gasteiger partial charge in [0, 0.05) is 4.90 Å². The highest BCUT2D eigenvalue weighted by Gasteiger charge is 2.19. The number of nitrogens with two attached hydrogens (primary N) is 1. The van der Waals surface area contributed by atoms with Crippen molar-refractivity contribution in [1.82, 2.24) is 0 Å². The average molecular weight is 289 g/mol. The van der Waals surface area contributed by atoms with Crippen LogP contribution in [0.25, 0.3) is 0 Å². The first kappa shape index (κ1) is 15.2. The van der Waals surface area contributed by atoms with Gasteiger partial charge in [0.05, 0.1) is 11.6 Å². The molecular formula is C11H13F2N3O2S. The summed E-state index contributed by atoms with van der Waals surface area (Å²) in [5, 5.41) is 13.7. The maximum absolute atomic E-state index is 12.4. The Morgan fingerprint density at radius 1 is 1.47 bits per heavy atom. The lowest BCUT2D eigenvalue weighted by molar-refractivity contribution is -0.117. The minimum Gasteiger partial charge on any atom is -0.409 e. The van der Waals surface area contributed by atoms with Crippen LogP contribution in [0.15, 0.2) is 34.3 Å². The number of nitrogens with zero attached hydrogens (tertiary/aromatic N) is 1. The van der Waals surface area contributed by atoms with Crippen LogP contribution in [0.4, 0.5) is 14.5 Å². The van der Waals surface area contributed by atoms with Crippen molar-refractivity contribution in [3.63, 3.8) is 0 Å². The van der Waals surface area contributed by atoms with Crippen LogP contribution in [0.2, 0.25) is 0 Å². The van der Waals surface area contributed by atoms with Gasteiger partial charge >= 0.3 is 0 Å². The Labute approximate surface area is 112 Å². The lowest BCUT2D eigenvalue weighted by Gasteiger charge is -2.13. The van der Waals surface area contributed by atoms with Gasteiger partial charge in [-0.2, -0.15) is 8.78 Å². The number of hydrogen-bond donors (Lipinski definition) is 3. The van der Waals surface area contributed by atoms with E-state index in [-0.39, 0.29) is 16.4 Å². The smallest absolute Gasteiger partial charge is 0.288 e. The van der Waals surface area contributed by atoms with Gasteiger partial charge in [-0.05, 0) is 19.1 Å². The zero-order valence-electron chi connectivity index (χ0n) is 10.0. The van der Waals surface area contributed by atoms with E-state index in [4.69, 9.17) is 10.9 Å². The van der Waals surface area contributed by atoms with Crippen LogP contribution in [0.5, 0.6) is 0 Å². The van der Waals surface area contributed by atoms with Crippen LogP contribution in [0.1, 0.15) is 6.92 Å². The molecule has 1 amide bonds. The Morgan fingerprint density at radius 2 is 2.11 bits per heavy atom. The number of anilines is 1. The van der Waals surface area contributed by atoms with Crippen molar-refractivity contribution >= 4 is 29.2 Å². The lowest BCUT2D eigenvalue weighted by atomic mass is 10.1. The largest absolute Gasteiger partial charge is 0.409 e. The fraction of sp³-hybridized carbons (Fsp3) is 0.273. The van der Waals surface area contributed by atoms with Crippen LogP contribution in [0, 0.1) is 5.92 Å². The molecule has 0 fully saturated rings. The number of alkyl halides is 2. The standard InChI is InChI=1S/C11H13F2N3O2S/c1-6(9(14)16-18)10(17)15-7-4-2-3-5-8(7)19-11(12)13/h2-6,11,18H,1H3,(H2,14,16)(H,15,17). The molecule has 1 aromatic rings. The fourth-order valence-corrected chi connectivity index (χ4v) is 1.83. The third kappa shape index (κ3) is 4.40. The van der Waals surface area contributed by atoms with E-state index in [1.54, 1.807) is 12.1 Å². The zero-order valence-corrected chi connectivity index (χ0v) is 10.8. The highest BCUT2D eigenvalue weighted by atomic mass is 32.2. The molecule has 0 aliphatic heterocycles. The van der Waals surface area contributed by atoms with Gasteiger partial charge < -0.3 is 16.3 Å². The number of oxime groups is 1. The molecule has 8 heteroatoms. The van der Waals surface area contributed by atoms with Crippen molar-refractivity contribution in [2.75, 3.05) is 5.32 Å². The summed E-state index contributed by atoms with van der Waals surface area (Å²) in [6.07, 6.45) is 0. The highest BCUT2D eigenvalue weighted by Crippen LogP contribution is 2.31. The topological polar surface area (TPSA) is 87.7 Å². The summed E-state index contributed by atoms with van der Waals surface area (Å²) in [5.41, 5.74) is 5.56. The summed E-state index contributed by atoms with van der Waals surface area (Å²) in [6, 6.07) is 6.18. The molecule has 0 bridgehead atoms. The van der Waals surface area contributed by atoms with Crippen molar-refractivity contribution in [3.8, 4) is 0 Å². The minimum atomic E-state index is -2.58. The van der Waals surface area contributed by atoms with E-state index >= 15 is 0 Å². The maximum Gasteiger partial charge on any atom is 0.288 e. The van der Waals surface area contributed by atoms with Gasteiger partial charge in [0.1, 0.15) is 0 Å². The van der Waals surface area contributed by atoms with E-state index in [0.717, 1.165) is 0 Å². The van der Waals surface area contributed by atoms with Crippen LogP contribution in [-0.2, 0) is 4.79 Å². The molecule has 19 heavy (non-hydrogen) atoms. The van der Waals surface area contributed by atoms with Crippen molar-refractivity contribution in [3.05, 3.63) is 24.3 Å². The number of rotatable bonds is 5.